The number of carbonyl (C=O) groups excluding carboxylic acids is 1. The first kappa shape index (κ1) is 15.5. The highest BCUT2D eigenvalue weighted by molar-refractivity contribution is 5.79. The van der Waals surface area contributed by atoms with E-state index in [0.29, 0.717) is 18.0 Å². The predicted molar refractivity (Wildman–Crippen MR) is 89.2 cm³/mol. The van der Waals surface area contributed by atoms with E-state index in [-0.39, 0.29) is 17.8 Å². The average molecular weight is 312 g/mol. The fraction of sp³-hybridized carbons (Fsp3) is 0.316. The molecule has 1 fully saturated rings. The van der Waals surface area contributed by atoms with Crippen LogP contribution in [0.25, 0.3) is 0 Å². The van der Waals surface area contributed by atoms with Crippen LogP contribution in [0, 0.1) is 11.7 Å². The molecule has 0 aliphatic carbocycles. The number of rotatable bonds is 3. The fourth-order valence-corrected chi connectivity index (χ4v) is 3.34. The van der Waals surface area contributed by atoms with Crippen LogP contribution in [0.4, 0.5) is 10.1 Å². The smallest absolute Gasteiger partial charge is 0.227 e. The third-order valence-electron chi connectivity index (χ3n) is 4.55. The van der Waals surface area contributed by atoms with Gasteiger partial charge in [-0.05, 0) is 47.7 Å². The Morgan fingerprint density at radius 3 is 2.70 bits per heavy atom. The second kappa shape index (κ2) is 6.41. The average Bonchev–Trinajstić information content (AvgIpc) is 2.91. The van der Waals surface area contributed by atoms with Crippen molar-refractivity contribution in [2.24, 2.45) is 5.92 Å². The SMILES string of the molecule is CC1CCN(C(=O)Cc2ccc(N)cc2)C1c1cccc(F)c1. The molecular formula is C19H21FN2O. The second-order valence-electron chi connectivity index (χ2n) is 6.27. The zero-order chi connectivity index (χ0) is 16.4. The summed E-state index contributed by atoms with van der Waals surface area (Å²) in [4.78, 5) is 14.6. The molecule has 2 aromatic rings. The molecule has 0 aromatic heterocycles. The number of halogens is 1. The Morgan fingerprint density at radius 2 is 2.00 bits per heavy atom. The summed E-state index contributed by atoms with van der Waals surface area (Å²) in [6, 6.07) is 13.9. The topological polar surface area (TPSA) is 46.3 Å². The first-order valence-corrected chi connectivity index (χ1v) is 7.94. The van der Waals surface area contributed by atoms with Crippen LogP contribution in [0.15, 0.2) is 48.5 Å². The molecule has 1 aliphatic heterocycles. The third-order valence-corrected chi connectivity index (χ3v) is 4.55. The molecule has 0 spiro atoms. The summed E-state index contributed by atoms with van der Waals surface area (Å²) in [7, 11) is 0. The number of nitrogens with two attached hydrogens (primary N) is 1. The zero-order valence-corrected chi connectivity index (χ0v) is 13.2. The van der Waals surface area contributed by atoms with Crippen LogP contribution in [0.1, 0.15) is 30.5 Å². The molecule has 0 radical (unpaired) electrons. The van der Waals surface area contributed by atoms with Crippen molar-refractivity contribution in [2.45, 2.75) is 25.8 Å². The van der Waals surface area contributed by atoms with Gasteiger partial charge in [-0.3, -0.25) is 4.79 Å². The van der Waals surface area contributed by atoms with E-state index in [0.717, 1.165) is 24.1 Å². The van der Waals surface area contributed by atoms with E-state index in [2.05, 4.69) is 6.92 Å². The standard InChI is InChI=1S/C19H21FN2O/c1-13-9-10-22(19(13)15-3-2-4-16(20)12-15)18(23)11-14-5-7-17(21)8-6-14/h2-8,12-13,19H,9-11,21H2,1H3. The van der Waals surface area contributed by atoms with Gasteiger partial charge in [0.2, 0.25) is 5.91 Å². The lowest BCUT2D eigenvalue weighted by Crippen LogP contribution is -2.33. The molecule has 2 atom stereocenters. The molecule has 23 heavy (non-hydrogen) atoms. The maximum absolute atomic E-state index is 13.5. The van der Waals surface area contributed by atoms with Gasteiger partial charge in [0.05, 0.1) is 12.5 Å². The monoisotopic (exact) mass is 312 g/mol. The lowest BCUT2D eigenvalue weighted by Gasteiger charge is -2.27. The van der Waals surface area contributed by atoms with E-state index >= 15 is 0 Å². The molecule has 2 unspecified atom stereocenters. The molecule has 2 aromatic carbocycles. The molecule has 1 aliphatic rings. The maximum atomic E-state index is 13.5. The van der Waals surface area contributed by atoms with E-state index in [1.54, 1.807) is 18.2 Å². The van der Waals surface area contributed by atoms with Gasteiger partial charge in [0.15, 0.2) is 0 Å². The van der Waals surface area contributed by atoms with Crippen LogP contribution in [-0.2, 0) is 11.2 Å². The number of nitrogen functional groups attached to an aromatic ring is 1. The maximum Gasteiger partial charge on any atom is 0.227 e. The number of hydrogen-bond acceptors (Lipinski definition) is 2. The number of benzene rings is 2. The van der Waals surface area contributed by atoms with E-state index in [9.17, 15) is 9.18 Å². The molecule has 1 saturated heterocycles. The van der Waals surface area contributed by atoms with E-state index in [1.165, 1.54) is 12.1 Å². The van der Waals surface area contributed by atoms with Crippen molar-refractivity contribution in [3.8, 4) is 0 Å². The minimum absolute atomic E-state index is 0.0491. The van der Waals surface area contributed by atoms with Gasteiger partial charge >= 0.3 is 0 Å². The number of nitrogens with zero attached hydrogens (tertiary/aromatic N) is 1. The van der Waals surface area contributed by atoms with Crippen molar-refractivity contribution in [3.63, 3.8) is 0 Å². The molecule has 1 heterocycles. The highest BCUT2D eigenvalue weighted by Gasteiger charge is 2.35. The normalized spacial score (nSPS) is 20.7. The van der Waals surface area contributed by atoms with Gasteiger partial charge in [0.1, 0.15) is 5.82 Å². The fourth-order valence-electron chi connectivity index (χ4n) is 3.34. The Balaban J connectivity index is 1.80. The highest BCUT2D eigenvalue weighted by atomic mass is 19.1. The minimum atomic E-state index is -0.257. The Morgan fingerprint density at radius 1 is 1.26 bits per heavy atom. The molecule has 120 valence electrons. The van der Waals surface area contributed by atoms with E-state index in [4.69, 9.17) is 5.73 Å². The van der Waals surface area contributed by atoms with Gasteiger partial charge in [-0.1, -0.05) is 31.2 Å². The van der Waals surface area contributed by atoms with Crippen molar-refractivity contribution in [1.82, 2.24) is 4.90 Å². The molecule has 0 saturated carbocycles. The second-order valence-corrected chi connectivity index (χ2v) is 6.27. The van der Waals surface area contributed by atoms with Crippen LogP contribution >= 0.6 is 0 Å². The summed E-state index contributed by atoms with van der Waals surface area (Å²) >= 11 is 0. The third kappa shape index (κ3) is 3.36. The summed E-state index contributed by atoms with van der Waals surface area (Å²) < 4.78 is 13.5. The number of carbonyl (C=O) groups is 1. The van der Waals surface area contributed by atoms with Crippen LogP contribution in [-0.4, -0.2) is 17.4 Å². The quantitative estimate of drug-likeness (QED) is 0.881. The summed E-state index contributed by atoms with van der Waals surface area (Å²) in [5.41, 5.74) is 8.19. The Labute approximate surface area is 135 Å². The Bertz CT molecular complexity index is 699. The minimum Gasteiger partial charge on any atom is -0.399 e. The number of anilines is 1. The van der Waals surface area contributed by atoms with Gasteiger partial charge in [-0.25, -0.2) is 4.39 Å². The van der Waals surface area contributed by atoms with Crippen molar-refractivity contribution in [3.05, 3.63) is 65.5 Å². The van der Waals surface area contributed by atoms with Gasteiger partial charge in [-0.2, -0.15) is 0 Å². The summed E-state index contributed by atoms with van der Waals surface area (Å²) in [6.07, 6.45) is 1.29. The molecular weight excluding hydrogens is 291 g/mol. The zero-order valence-electron chi connectivity index (χ0n) is 13.2. The molecule has 4 heteroatoms. The van der Waals surface area contributed by atoms with Crippen molar-refractivity contribution in [1.29, 1.82) is 0 Å². The van der Waals surface area contributed by atoms with Gasteiger partial charge in [0.25, 0.3) is 0 Å². The molecule has 0 bridgehead atoms. The summed E-state index contributed by atoms with van der Waals surface area (Å²) in [5, 5.41) is 0. The largest absolute Gasteiger partial charge is 0.399 e. The van der Waals surface area contributed by atoms with Gasteiger partial charge in [0, 0.05) is 12.2 Å². The molecule has 2 N–H and O–H groups in total. The van der Waals surface area contributed by atoms with Crippen molar-refractivity contribution >= 4 is 11.6 Å². The van der Waals surface area contributed by atoms with Crippen molar-refractivity contribution in [2.75, 3.05) is 12.3 Å². The first-order valence-electron chi connectivity index (χ1n) is 7.94. The van der Waals surface area contributed by atoms with Crippen LogP contribution < -0.4 is 5.73 Å². The number of likely N-dealkylation sites (tertiary alicyclic amines) is 1. The van der Waals surface area contributed by atoms with Gasteiger partial charge in [-0.15, -0.1) is 0 Å². The lowest BCUT2D eigenvalue weighted by atomic mass is 9.95. The number of amides is 1. The number of hydrogen-bond donors (Lipinski definition) is 1. The predicted octanol–water partition coefficient (Wildman–Crippen LogP) is 3.56. The molecule has 1 amide bonds. The van der Waals surface area contributed by atoms with Crippen LogP contribution in [0.5, 0.6) is 0 Å². The van der Waals surface area contributed by atoms with Crippen molar-refractivity contribution < 1.29 is 9.18 Å². The van der Waals surface area contributed by atoms with E-state index < -0.39 is 0 Å². The van der Waals surface area contributed by atoms with Crippen LogP contribution in [0.3, 0.4) is 0 Å². The van der Waals surface area contributed by atoms with E-state index in [1.807, 2.05) is 23.1 Å². The van der Waals surface area contributed by atoms with Gasteiger partial charge < -0.3 is 10.6 Å². The Kier molecular flexibility index (Phi) is 4.33. The Hall–Kier alpha value is -2.36. The highest BCUT2D eigenvalue weighted by Crippen LogP contribution is 2.37. The lowest BCUT2D eigenvalue weighted by molar-refractivity contribution is -0.131. The molecule has 3 rings (SSSR count). The molecule has 3 nitrogen and oxygen atoms in total. The summed E-state index contributed by atoms with van der Waals surface area (Å²) in [6.45, 7) is 2.84. The first-order chi connectivity index (χ1) is 11.0. The summed E-state index contributed by atoms with van der Waals surface area (Å²) in [5.74, 6) is 0.146. The van der Waals surface area contributed by atoms with Crippen LogP contribution in [0.2, 0.25) is 0 Å².